The van der Waals surface area contributed by atoms with Crippen molar-refractivity contribution in [1.82, 2.24) is 4.90 Å². The van der Waals surface area contributed by atoms with Gasteiger partial charge in [0.15, 0.2) is 6.29 Å². The van der Waals surface area contributed by atoms with Crippen molar-refractivity contribution in [1.29, 1.82) is 0 Å². The lowest BCUT2D eigenvalue weighted by Crippen LogP contribution is -2.53. The van der Waals surface area contributed by atoms with Gasteiger partial charge in [-0.05, 0) is 73.7 Å². The Bertz CT molecular complexity index is 1090. The Kier molecular flexibility index (Phi) is 9.01. The summed E-state index contributed by atoms with van der Waals surface area (Å²) in [6, 6.07) is 28.1. The Labute approximate surface area is 225 Å². The lowest BCUT2D eigenvalue weighted by atomic mass is 9.97. The van der Waals surface area contributed by atoms with Crippen LogP contribution in [0.2, 0.25) is 5.02 Å². The summed E-state index contributed by atoms with van der Waals surface area (Å²) in [5, 5.41) is 0.765. The summed E-state index contributed by atoms with van der Waals surface area (Å²) in [4.78, 5) is 5.10. The lowest BCUT2D eigenvalue weighted by Gasteiger charge is -2.47. The molecule has 0 radical (unpaired) electrons. The Hall–Kier alpha value is -2.57. The molecule has 2 saturated heterocycles. The van der Waals surface area contributed by atoms with Crippen LogP contribution in [-0.2, 0) is 16.0 Å². The second-order valence-electron chi connectivity index (χ2n) is 10.0. The van der Waals surface area contributed by atoms with Crippen LogP contribution >= 0.6 is 11.6 Å². The first-order chi connectivity index (χ1) is 18.2. The van der Waals surface area contributed by atoms with Crippen molar-refractivity contribution in [3.8, 4) is 5.75 Å². The minimum absolute atomic E-state index is 0.0772. The van der Waals surface area contributed by atoms with E-state index < -0.39 is 0 Å². The van der Waals surface area contributed by atoms with E-state index in [-0.39, 0.29) is 12.3 Å². The maximum absolute atomic E-state index is 6.23. The second kappa shape index (κ2) is 12.8. The van der Waals surface area contributed by atoms with Gasteiger partial charge in [-0.15, -0.1) is 0 Å². The summed E-state index contributed by atoms with van der Waals surface area (Å²) in [6.45, 7) is 7.05. The van der Waals surface area contributed by atoms with Gasteiger partial charge >= 0.3 is 0 Å². The number of hydrogen-bond acceptors (Lipinski definition) is 5. The quantitative estimate of drug-likeness (QED) is 0.293. The first-order valence-electron chi connectivity index (χ1n) is 13.4. The maximum Gasteiger partial charge on any atom is 0.157 e. The standard InChI is InChI=1S/C31H37ClN2O3/c1-24-21-33(22-25-7-3-2-4-8-25)23-30(26-10-12-27(32)13-11-26)34(24)28-14-16-29(17-15-28)35-19-20-37-31-9-5-6-18-36-31/h2-4,7-8,10-17,24,30-31H,5-6,9,18-23H2,1H3/t24?,30-,31?/m0/s1. The molecular formula is C31H37ClN2O3. The fraction of sp³-hybridized carbons (Fsp3) is 0.419. The van der Waals surface area contributed by atoms with Crippen LogP contribution in [0.1, 0.15) is 43.4 Å². The van der Waals surface area contributed by atoms with Crippen LogP contribution in [0.25, 0.3) is 0 Å². The van der Waals surface area contributed by atoms with Crippen LogP contribution in [0.5, 0.6) is 5.75 Å². The fourth-order valence-electron chi connectivity index (χ4n) is 5.43. The Balaban J connectivity index is 1.25. The van der Waals surface area contributed by atoms with E-state index in [9.17, 15) is 0 Å². The smallest absolute Gasteiger partial charge is 0.157 e. The molecule has 0 amide bonds. The molecule has 2 fully saturated rings. The van der Waals surface area contributed by atoms with E-state index in [4.69, 9.17) is 25.8 Å². The van der Waals surface area contributed by atoms with Crippen LogP contribution < -0.4 is 9.64 Å². The molecule has 5 nitrogen and oxygen atoms in total. The number of hydrogen-bond donors (Lipinski definition) is 0. The average molecular weight is 521 g/mol. The maximum atomic E-state index is 6.23. The number of benzene rings is 3. The number of rotatable bonds is 9. The fourth-order valence-corrected chi connectivity index (χ4v) is 5.55. The molecule has 6 heteroatoms. The first-order valence-corrected chi connectivity index (χ1v) is 13.8. The molecule has 0 aromatic heterocycles. The van der Waals surface area contributed by atoms with Gasteiger partial charge in [-0.3, -0.25) is 4.90 Å². The highest BCUT2D eigenvalue weighted by Gasteiger charge is 2.33. The third-order valence-corrected chi connectivity index (χ3v) is 7.45. The molecule has 5 rings (SSSR count). The van der Waals surface area contributed by atoms with Gasteiger partial charge < -0.3 is 19.1 Å². The van der Waals surface area contributed by atoms with E-state index in [0.717, 1.165) is 49.9 Å². The number of anilines is 1. The molecule has 0 spiro atoms. The SMILES string of the molecule is CC1CN(Cc2ccccc2)C[C@@H](c2ccc(Cl)cc2)N1c1ccc(OCCOC2CCCCO2)cc1. The van der Waals surface area contributed by atoms with Crippen molar-refractivity contribution in [3.05, 3.63) is 95.0 Å². The third-order valence-electron chi connectivity index (χ3n) is 7.20. The predicted molar refractivity (Wildman–Crippen MR) is 149 cm³/mol. The molecule has 3 aromatic rings. The van der Waals surface area contributed by atoms with Gasteiger partial charge in [0.05, 0.1) is 12.6 Å². The Morgan fingerprint density at radius 3 is 2.41 bits per heavy atom. The van der Waals surface area contributed by atoms with E-state index in [2.05, 4.69) is 83.5 Å². The summed E-state index contributed by atoms with van der Waals surface area (Å²) in [5.41, 5.74) is 3.82. The minimum Gasteiger partial charge on any atom is -0.491 e. The highest BCUT2D eigenvalue weighted by Crippen LogP contribution is 2.35. The van der Waals surface area contributed by atoms with Gasteiger partial charge in [-0.25, -0.2) is 0 Å². The zero-order valence-corrected chi connectivity index (χ0v) is 22.4. The summed E-state index contributed by atoms with van der Waals surface area (Å²) < 4.78 is 17.4. The third kappa shape index (κ3) is 7.05. The molecule has 196 valence electrons. The zero-order chi connectivity index (χ0) is 25.5. The van der Waals surface area contributed by atoms with Crippen molar-refractivity contribution in [3.63, 3.8) is 0 Å². The lowest BCUT2D eigenvalue weighted by molar-refractivity contribution is -0.165. The van der Waals surface area contributed by atoms with Gasteiger partial charge in [0, 0.05) is 43.0 Å². The van der Waals surface area contributed by atoms with Gasteiger partial charge in [-0.2, -0.15) is 0 Å². The van der Waals surface area contributed by atoms with Crippen LogP contribution in [0.15, 0.2) is 78.9 Å². The van der Waals surface area contributed by atoms with Crippen molar-refractivity contribution in [2.75, 3.05) is 37.8 Å². The molecular weight excluding hydrogens is 484 g/mol. The van der Waals surface area contributed by atoms with E-state index in [0.29, 0.717) is 19.3 Å². The van der Waals surface area contributed by atoms with Gasteiger partial charge in [0.1, 0.15) is 12.4 Å². The van der Waals surface area contributed by atoms with E-state index in [1.54, 1.807) is 0 Å². The van der Waals surface area contributed by atoms with Crippen LogP contribution in [0, 0.1) is 0 Å². The molecule has 2 unspecified atom stereocenters. The monoisotopic (exact) mass is 520 g/mol. The van der Waals surface area contributed by atoms with Crippen LogP contribution in [0.3, 0.4) is 0 Å². The highest BCUT2D eigenvalue weighted by atomic mass is 35.5. The van der Waals surface area contributed by atoms with Crippen molar-refractivity contribution < 1.29 is 14.2 Å². The second-order valence-corrected chi connectivity index (χ2v) is 10.4. The Morgan fingerprint density at radius 1 is 0.892 bits per heavy atom. The highest BCUT2D eigenvalue weighted by molar-refractivity contribution is 6.30. The number of nitrogens with zero attached hydrogens (tertiary/aromatic N) is 2. The van der Waals surface area contributed by atoms with Crippen molar-refractivity contribution in [2.45, 2.75) is 51.1 Å². The summed E-state index contributed by atoms with van der Waals surface area (Å²) in [7, 11) is 0. The molecule has 37 heavy (non-hydrogen) atoms. The summed E-state index contributed by atoms with van der Waals surface area (Å²) >= 11 is 6.23. The largest absolute Gasteiger partial charge is 0.491 e. The molecule has 0 aliphatic carbocycles. The molecule has 3 atom stereocenters. The molecule has 0 bridgehead atoms. The van der Waals surface area contributed by atoms with Gasteiger partial charge in [-0.1, -0.05) is 54.1 Å². The molecule has 0 saturated carbocycles. The number of halogens is 1. The van der Waals surface area contributed by atoms with E-state index in [1.807, 2.05) is 12.1 Å². The number of piperazine rings is 1. The number of ether oxygens (including phenoxy) is 3. The normalized spacial score (nSPS) is 22.6. The molecule has 0 N–H and O–H groups in total. The van der Waals surface area contributed by atoms with Crippen molar-refractivity contribution in [2.24, 2.45) is 0 Å². The van der Waals surface area contributed by atoms with Crippen LogP contribution in [0.4, 0.5) is 5.69 Å². The Morgan fingerprint density at radius 2 is 1.68 bits per heavy atom. The first kappa shape index (κ1) is 26.1. The average Bonchev–Trinajstić information content (AvgIpc) is 2.93. The predicted octanol–water partition coefficient (Wildman–Crippen LogP) is 6.71. The van der Waals surface area contributed by atoms with Crippen LogP contribution in [-0.4, -0.2) is 50.1 Å². The molecule has 2 heterocycles. The molecule has 3 aromatic carbocycles. The van der Waals surface area contributed by atoms with Gasteiger partial charge in [0.25, 0.3) is 0 Å². The van der Waals surface area contributed by atoms with Crippen molar-refractivity contribution >= 4 is 17.3 Å². The van der Waals surface area contributed by atoms with E-state index >= 15 is 0 Å². The summed E-state index contributed by atoms with van der Waals surface area (Å²) in [5.74, 6) is 0.857. The summed E-state index contributed by atoms with van der Waals surface area (Å²) in [6.07, 6.45) is 3.19. The molecule has 2 aliphatic heterocycles. The van der Waals surface area contributed by atoms with Gasteiger partial charge in [0.2, 0.25) is 0 Å². The van der Waals surface area contributed by atoms with E-state index in [1.165, 1.54) is 23.2 Å². The zero-order valence-electron chi connectivity index (χ0n) is 21.6. The topological polar surface area (TPSA) is 34.2 Å². The minimum atomic E-state index is -0.0772. The molecule has 2 aliphatic rings.